The number of benzene rings is 3. The molecule has 1 aliphatic rings. The Morgan fingerprint density at radius 3 is 2.40 bits per heavy atom. The molecule has 3 aromatic rings. The summed E-state index contributed by atoms with van der Waals surface area (Å²) >= 11 is 0. The Morgan fingerprint density at radius 2 is 1.68 bits per heavy atom. The zero-order valence-corrected chi connectivity index (χ0v) is 13.7. The molecular formula is C20H15BF2N2. The van der Waals surface area contributed by atoms with Crippen LogP contribution in [0.2, 0.25) is 0 Å². The Balaban J connectivity index is 2.05. The number of halogens is 2. The quantitative estimate of drug-likeness (QED) is 0.591. The molecule has 0 unspecified atom stereocenters. The minimum absolute atomic E-state index is 0.454. The van der Waals surface area contributed by atoms with E-state index in [1.165, 1.54) is 0 Å². The topological polar surface area (TPSA) is 15.6 Å². The van der Waals surface area contributed by atoms with Crippen LogP contribution in [-0.4, -0.2) is 20.2 Å². The van der Waals surface area contributed by atoms with Crippen molar-refractivity contribution in [3.63, 3.8) is 0 Å². The van der Waals surface area contributed by atoms with Gasteiger partial charge in [0.05, 0.1) is 5.71 Å². The summed E-state index contributed by atoms with van der Waals surface area (Å²) in [6.07, 6.45) is 3.87. The molecule has 122 valence electrons. The molecule has 0 spiro atoms. The summed E-state index contributed by atoms with van der Waals surface area (Å²) in [5.41, 5.74) is 3.40. The zero-order chi connectivity index (χ0) is 17.4. The van der Waals surface area contributed by atoms with Crippen LogP contribution in [0.5, 0.6) is 0 Å². The molecule has 0 bridgehead atoms. The Labute approximate surface area is 145 Å². The zero-order valence-electron chi connectivity index (χ0n) is 13.7. The summed E-state index contributed by atoms with van der Waals surface area (Å²) in [6, 6.07) is 18.3. The van der Waals surface area contributed by atoms with Crippen LogP contribution in [0.4, 0.5) is 20.0 Å². The maximum Gasteiger partial charge on any atom is 0.678 e. The van der Waals surface area contributed by atoms with Crippen LogP contribution in [0.25, 0.3) is 16.8 Å². The van der Waals surface area contributed by atoms with Gasteiger partial charge >= 0.3 is 7.40 Å². The average Bonchev–Trinajstić information content (AvgIpc) is 2.64. The molecule has 0 saturated carbocycles. The van der Waals surface area contributed by atoms with Crippen LogP contribution in [0.1, 0.15) is 11.1 Å². The lowest BCUT2D eigenvalue weighted by Gasteiger charge is -2.27. The molecule has 0 heterocycles. The van der Waals surface area contributed by atoms with Crippen molar-refractivity contribution >= 4 is 41.3 Å². The standard InChI is InChI=1S/C20H15BF2N2/c1-24-17-12-10-14-6-5-7-15-11-13-18(20(17)19(14)15)25(21(22)23)16-8-3-2-4-9-16/h2-13H,1H3. The minimum Gasteiger partial charge on any atom is -0.325 e. The molecule has 0 saturated heterocycles. The Kier molecular flexibility index (Phi) is 3.84. The van der Waals surface area contributed by atoms with E-state index < -0.39 is 7.40 Å². The fourth-order valence-corrected chi connectivity index (χ4v) is 3.38. The van der Waals surface area contributed by atoms with E-state index in [9.17, 15) is 8.63 Å². The molecule has 0 aromatic heterocycles. The highest BCUT2D eigenvalue weighted by molar-refractivity contribution is 6.51. The van der Waals surface area contributed by atoms with Gasteiger partial charge in [0.15, 0.2) is 0 Å². The predicted molar refractivity (Wildman–Crippen MR) is 102 cm³/mol. The Bertz CT molecular complexity index is 997. The molecule has 0 atom stereocenters. The van der Waals surface area contributed by atoms with Crippen LogP contribution in [-0.2, 0) is 0 Å². The summed E-state index contributed by atoms with van der Waals surface area (Å²) in [4.78, 5) is 5.39. The van der Waals surface area contributed by atoms with E-state index in [-0.39, 0.29) is 0 Å². The number of rotatable bonds is 3. The van der Waals surface area contributed by atoms with Crippen LogP contribution in [0, 0.1) is 0 Å². The lowest BCUT2D eigenvalue weighted by Crippen LogP contribution is -2.29. The largest absolute Gasteiger partial charge is 0.678 e. The summed E-state index contributed by atoms with van der Waals surface area (Å²) in [7, 11) is -0.974. The van der Waals surface area contributed by atoms with Gasteiger partial charge in [-0.15, -0.1) is 0 Å². The minimum atomic E-state index is -2.66. The van der Waals surface area contributed by atoms with Gasteiger partial charge in [-0.2, -0.15) is 0 Å². The van der Waals surface area contributed by atoms with Gasteiger partial charge in [0, 0.05) is 29.4 Å². The second-order valence-corrected chi connectivity index (χ2v) is 5.83. The van der Waals surface area contributed by atoms with Crippen molar-refractivity contribution in [2.75, 3.05) is 11.9 Å². The third-order valence-corrected chi connectivity index (χ3v) is 4.46. The molecule has 0 radical (unpaired) electrons. The van der Waals surface area contributed by atoms with Crippen LogP contribution >= 0.6 is 0 Å². The van der Waals surface area contributed by atoms with E-state index >= 15 is 0 Å². The van der Waals surface area contributed by atoms with Crippen molar-refractivity contribution in [2.45, 2.75) is 0 Å². The molecule has 1 aliphatic carbocycles. The number of para-hydroxylation sites is 1. The summed E-state index contributed by atoms with van der Waals surface area (Å²) in [5.74, 6) is 0. The van der Waals surface area contributed by atoms with Crippen LogP contribution in [0.15, 0.2) is 71.7 Å². The van der Waals surface area contributed by atoms with Gasteiger partial charge in [-0.3, -0.25) is 13.6 Å². The molecular weight excluding hydrogens is 317 g/mol. The number of aliphatic imine (C=N–C) groups is 1. The first-order valence-corrected chi connectivity index (χ1v) is 8.04. The molecule has 0 N–H and O–H groups in total. The predicted octanol–water partition coefficient (Wildman–Crippen LogP) is 5.35. The van der Waals surface area contributed by atoms with E-state index in [0.717, 1.165) is 26.7 Å². The lowest BCUT2D eigenvalue weighted by atomic mass is 9.88. The first-order chi connectivity index (χ1) is 12.2. The highest BCUT2D eigenvalue weighted by Crippen LogP contribution is 2.39. The number of allylic oxidation sites excluding steroid dienone is 1. The fourth-order valence-electron chi connectivity index (χ4n) is 3.38. The average molecular weight is 332 g/mol. The summed E-state index contributed by atoms with van der Waals surface area (Å²) < 4.78 is 28.0. The van der Waals surface area contributed by atoms with Gasteiger partial charge in [-0.05, 0) is 35.2 Å². The van der Waals surface area contributed by atoms with Crippen molar-refractivity contribution in [1.82, 2.24) is 0 Å². The van der Waals surface area contributed by atoms with Gasteiger partial charge < -0.3 is 4.81 Å². The van der Waals surface area contributed by atoms with Crippen molar-refractivity contribution < 1.29 is 8.63 Å². The van der Waals surface area contributed by atoms with Gasteiger partial charge in [-0.25, -0.2) is 0 Å². The summed E-state index contributed by atoms with van der Waals surface area (Å²) in [5, 5.41) is 1.98. The molecule has 2 nitrogen and oxygen atoms in total. The summed E-state index contributed by atoms with van der Waals surface area (Å²) in [6.45, 7) is 0. The van der Waals surface area contributed by atoms with Gasteiger partial charge in [0.25, 0.3) is 0 Å². The number of hydrogen-bond donors (Lipinski definition) is 0. The lowest BCUT2D eigenvalue weighted by molar-refractivity contribution is 0.656. The second-order valence-electron chi connectivity index (χ2n) is 5.83. The van der Waals surface area contributed by atoms with Gasteiger partial charge in [0.2, 0.25) is 0 Å². The number of hydrogen-bond acceptors (Lipinski definition) is 2. The maximum absolute atomic E-state index is 14.0. The monoisotopic (exact) mass is 332 g/mol. The third kappa shape index (κ3) is 2.52. The first-order valence-electron chi connectivity index (χ1n) is 8.04. The van der Waals surface area contributed by atoms with Crippen LogP contribution < -0.4 is 4.81 Å². The van der Waals surface area contributed by atoms with E-state index in [2.05, 4.69) is 4.99 Å². The van der Waals surface area contributed by atoms with Crippen LogP contribution in [0.3, 0.4) is 0 Å². The smallest absolute Gasteiger partial charge is 0.325 e. The van der Waals surface area contributed by atoms with Crippen molar-refractivity contribution in [2.24, 2.45) is 4.99 Å². The highest BCUT2D eigenvalue weighted by atomic mass is 19.2. The first kappa shape index (κ1) is 15.6. The van der Waals surface area contributed by atoms with E-state index in [1.807, 2.05) is 42.5 Å². The molecule has 0 amide bonds. The molecule has 5 heteroatoms. The molecule has 0 fully saturated rings. The van der Waals surface area contributed by atoms with Gasteiger partial charge in [-0.1, -0.05) is 48.5 Å². The number of anilines is 2. The fraction of sp³-hybridized carbons (Fsp3) is 0.0500. The molecule has 0 aliphatic heterocycles. The maximum atomic E-state index is 14.0. The Hall–Kier alpha value is -2.95. The van der Waals surface area contributed by atoms with E-state index in [1.54, 1.807) is 37.4 Å². The Morgan fingerprint density at radius 1 is 0.880 bits per heavy atom. The normalized spacial score (nSPS) is 14.1. The third-order valence-electron chi connectivity index (χ3n) is 4.46. The SMILES string of the molecule is CN=C1C=Cc2cccc3ccc(N(B(F)F)c4ccccc4)c1c23. The molecule has 4 rings (SSSR count). The molecule has 3 aromatic carbocycles. The van der Waals surface area contributed by atoms with E-state index in [0.29, 0.717) is 17.1 Å². The molecule has 25 heavy (non-hydrogen) atoms. The van der Waals surface area contributed by atoms with Crippen molar-refractivity contribution in [3.05, 3.63) is 77.9 Å². The van der Waals surface area contributed by atoms with Crippen molar-refractivity contribution in [3.8, 4) is 0 Å². The second kappa shape index (κ2) is 6.17. The number of nitrogens with zero attached hydrogens (tertiary/aromatic N) is 2. The van der Waals surface area contributed by atoms with Gasteiger partial charge in [0.1, 0.15) is 0 Å². The van der Waals surface area contributed by atoms with E-state index in [4.69, 9.17) is 0 Å². The highest BCUT2D eigenvalue weighted by Gasteiger charge is 2.31. The van der Waals surface area contributed by atoms with Crippen molar-refractivity contribution in [1.29, 1.82) is 0 Å².